The second kappa shape index (κ2) is 9.63. The first-order valence-electron chi connectivity index (χ1n) is 10.8. The molecule has 2 aromatic carbocycles. The van der Waals surface area contributed by atoms with Crippen LogP contribution >= 0.6 is 11.6 Å². The summed E-state index contributed by atoms with van der Waals surface area (Å²) in [6.07, 6.45) is -11.2. The summed E-state index contributed by atoms with van der Waals surface area (Å²) in [7, 11) is 0. The highest BCUT2D eigenvalue weighted by molar-refractivity contribution is 6.35. The predicted molar refractivity (Wildman–Crippen MR) is 120 cm³/mol. The van der Waals surface area contributed by atoms with Gasteiger partial charge in [-0.1, -0.05) is 23.7 Å². The zero-order valence-corrected chi connectivity index (χ0v) is 19.7. The molecule has 194 valence electrons. The normalized spacial score (nSPS) is 14.6. The number of alkyl halides is 6. The molecule has 0 saturated carbocycles. The van der Waals surface area contributed by atoms with Crippen molar-refractivity contribution in [1.82, 2.24) is 15.1 Å². The van der Waals surface area contributed by atoms with Crippen molar-refractivity contribution in [3.8, 4) is 23.1 Å². The van der Waals surface area contributed by atoms with Crippen LogP contribution in [0.15, 0.2) is 36.4 Å². The number of ether oxygens (including phenoxy) is 1. The Kier molecular flexibility index (Phi) is 6.85. The number of amides is 1. The molecule has 1 aromatic heterocycles. The Morgan fingerprint density at radius 2 is 1.84 bits per heavy atom. The number of hydrogen-bond donors (Lipinski definition) is 1. The van der Waals surface area contributed by atoms with Crippen LogP contribution in [0.4, 0.5) is 26.3 Å². The predicted octanol–water partition coefficient (Wildman–Crippen LogP) is 6.15. The number of hydrogen-bond acceptors (Lipinski definition) is 4. The number of nitrogens with zero attached hydrogens (tertiary/aromatic N) is 3. The van der Waals surface area contributed by atoms with Crippen LogP contribution in [0.5, 0.6) is 5.75 Å². The number of carbonyl (C=O) groups excluding carboxylic acids is 1. The fraction of sp³-hybridized carbons (Fsp3) is 0.292. The van der Waals surface area contributed by atoms with E-state index < -0.39 is 35.7 Å². The number of halogens is 7. The molecule has 1 amide bonds. The standard InChI is InChI=1S/C24H17ClF6N4O2/c1-12(23(26,27)28)37-18-7-4-14(10-32)20(25)19(18)22(36)35-9-8-17-16(11-35)21(34-33-17)13-2-5-15(6-3-13)24(29,30)31/h2-7,12H,8-9,11H2,1H3,(H,33,34). The van der Waals surface area contributed by atoms with E-state index in [2.05, 4.69) is 10.2 Å². The van der Waals surface area contributed by atoms with Crippen molar-refractivity contribution in [2.45, 2.75) is 38.3 Å². The highest BCUT2D eigenvalue weighted by Gasteiger charge is 2.39. The molecule has 1 N–H and O–H groups in total. The molecule has 37 heavy (non-hydrogen) atoms. The lowest BCUT2D eigenvalue weighted by Gasteiger charge is -2.29. The van der Waals surface area contributed by atoms with Crippen molar-refractivity contribution in [1.29, 1.82) is 5.26 Å². The molecule has 3 aromatic rings. The first-order valence-corrected chi connectivity index (χ1v) is 11.2. The Morgan fingerprint density at radius 1 is 1.16 bits per heavy atom. The summed E-state index contributed by atoms with van der Waals surface area (Å²) < 4.78 is 83.2. The summed E-state index contributed by atoms with van der Waals surface area (Å²) in [6, 6.07) is 8.39. The largest absolute Gasteiger partial charge is 0.480 e. The van der Waals surface area contributed by atoms with Crippen molar-refractivity contribution in [2.24, 2.45) is 0 Å². The number of aromatic nitrogens is 2. The van der Waals surface area contributed by atoms with Crippen LogP contribution in [0.3, 0.4) is 0 Å². The summed E-state index contributed by atoms with van der Waals surface area (Å²) in [6.45, 7) is 0.861. The van der Waals surface area contributed by atoms with Crippen LogP contribution in [0.2, 0.25) is 5.02 Å². The lowest BCUT2D eigenvalue weighted by Crippen LogP contribution is -2.37. The van der Waals surface area contributed by atoms with Crippen LogP contribution in [0, 0.1) is 11.3 Å². The van der Waals surface area contributed by atoms with E-state index in [-0.39, 0.29) is 29.2 Å². The molecular weight excluding hydrogens is 526 g/mol. The number of carbonyl (C=O) groups is 1. The van der Waals surface area contributed by atoms with Crippen LogP contribution in [0.25, 0.3) is 11.3 Å². The number of rotatable bonds is 4. The van der Waals surface area contributed by atoms with Gasteiger partial charge >= 0.3 is 12.4 Å². The summed E-state index contributed by atoms with van der Waals surface area (Å²) in [5, 5.41) is 16.0. The molecule has 0 saturated heterocycles. The van der Waals surface area contributed by atoms with Gasteiger partial charge in [-0.25, -0.2) is 0 Å². The Balaban J connectivity index is 1.67. The number of benzene rings is 2. The molecule has 0 aliphatic carbocycles. The van der Waals surface area contributed by atoms with Gasteiger partial charge in [-0.2, -0.15) is 36.7 Å². The molecule has 13 heteroatoms. The summed E-state index contributed by atoms with van der Waals surface area (Å²) in [5.74, 6) is -1.20. The number of nitrogens with one attached hydrogen (secondary N) is 1. The number of aromatic amines is 1. The number of H-pyrrole nitrogens is 1. The molecule has 0 bridgehead atoms. The first-order chi connectivity index (χ1) is 17.3. The van der Waals surface area contributed by atoms with Gasteiger partial charge in [0.2, 0.25) is 0 Å². The third-order valence-corrected chi connectivity index (χ3v) is 6.30. The van der Waals surface area contributed by atoms with E-state index in [0.29, 0.717) is 28.9 Å². The molecule has 2 heterocycles. The third kappa shape index (κ3) is 5.22. The Labute approximate surface area is 211 Å². The molecule has 1 aliphatic heterocycles. The lowest BCUT2D eigenvalue weighted by molar-refractivity contribution is -0.189. The van der Waals surface area contributed by atoms with Gasteiger partial charge in [0.1, 0.15) is 17.4 Å². The highest BCUT2D eigenvalue weighted by Crippen LogP contribution is 2.37. The average Bonchev–Trinajstić information content (AvgIpc) is 3.26. The molecule has 1 unspecified atom stereocenters. The average molecular weight is 543 g/mol. The van der Waals surface area contributed by atoms with Crippen LogP contribution in [-0.2, 0) is 19.1 Å². The van der Waals surface area contributed by atoms with Gasteiger partial charge in [-0.05, 0) is 31.2 Å². The zero-order valence-electron chi connectivity index (χ0n) is 19.0. The maximum atomic E-state index is 13.5. The van der Waals surface area contributed by atoms with Gasteiger partial charge in [-0.3, -0.25) is 9.89 Å². The van der Waals surface area contributed by atoms with Crippen LogP contribution in [0.1, 0.15) is 39.7 Å². The zero-order chi connectivity index (χ0) is 27.1. The van der Waals surface area contributed by atoms with Crippen molar-refractivity contribution < 1.29 is 35.9 Å². The molecule has 4 rings (SSSR count). The molecule has 1 aliphatic rings. The molecule has 0 fully saturated rings. The van der Waals surface area contributed by atoms with E-state index in [4.69, 9.17) is 16.3 Å². The quantitative estimate of drug-likeness (QED) is 0.401. The second-order valence-corrected chi connectivity index (χ2v) is 8.67. The lowest BCUT2D eigenvalue weighted by atomic mass is 9.99. The number of nitriles is 1. The maximum Gasteiger partial charge on any atom is 0.425 e. The molecule has 1 atom stereocenters. The van der Waals surface area contributed by atoms with E-state index >= 15 is 0 Å². The van der Waals surface area contributed by atoms with Crippen molar-refractivity contribution in [3.63, 3.8) is 0 Å². The Hall–Kier alpha value is -3.72. The van der Waals surface area contributed by atoms with Gasteiger partial charge in [-0.15, -0.1) is 0 Å². The van der Waals surface area contributed by atoms with Gasteiger partial charge in [0.05, 0.1) is 21.8 Å². The molecular formula is C24H17ClF6N4O2. The van der Waals surface area contributed by atoms with E-state index in [1.165, 1.54) is 17.0 Å². The fourth-order valence-electron chi connectivity index (χ4n) is 3.88. The van der Waals surface area contributed by atoms with Crippen LogP contribution in [-0.4, -0.2) is 39.8 Å². The van der Waals surface area contributed by atoms with E-state index in [0.717, 1.165) is 31.2 Å². The highest BCUT2D eigenvalue weighted by atomic mass is 35.5. The number of fused-ring (bicyclic) bond motifs is 1. The monoisotopic (exact) mass is 542 g/mol. The smallest absolute Gasteiger partial charge is 0.425 e. The minimum atomic E-state index is -4.71. The second-order valence-electron chi connectivity index (χ2n) is 8.29. The third-order valence-electron chi connectivity index (χ3n) is 5.91. The van der Waals surface area contributed by atoms with E-state index in [1.54, 1.807) is 6.07 Å². The summed E-state index contributed by atoms with van der Waals surface area (Å²) in [4.78, 5) is 14.8. The Morgan fingerprint density at radius 3 is 2.43 bits per heavy atom. The van der Waals surface area contributed by atoms with Crippen molar-refractivity contribution >= 4 is 17.5 Å². The topological polar surface area (TPSA) is 82.0 Å². The van der Waals surface area contributed by atoms with Crippen molar-refractivity contribution in [3.05, 3.63) is 69.4 Å². The molecule has 6 nitrogen and oxygen atoms in total. The molecule has 0 spiro atoms. The van der Waals surface area contributed by atoms with Gasteiger partial charge < -0.3 is 9.64 Å². The van der Waals surface area contributed by atoms with Gasteiger partial charge in [0.25, 0.3) is 5.91 Å². The SMILES string of the molecule is CC(Oc1ccc(C#N)c(Cl)c1C(=O)N1CCc2[nH]nc(-c3ccc(C(F)(F)F)cc3)c2C1)C(F)(F)F. The first kappa shape index (κ1) is 26.3. The summed E-state index contributed by atoms with van der Waals surface area (Å²) in [5.41, 5.74) is 0.581. The fourth-order valence-corrected chi connectivity index (χ4v) is 4.16. The summed E-state index contributed by atoms with van der Waals surface area (Å²) >= 11 is 6.24. The minimum Gasteiger partial charge on any atom is -0.480 e. The maximum absolute atomic E-state index is 13.5. The molecule has 0 radical (unpaired) electrons. The minimum absolute atomic E-state index is 0.0532. The van der Waals surface area contributed by atoms with Crippen LogP contribution < -0.4 is 4.74 Å². The van der Waals surface area contributed by atoms with E-state index in [9.17, 15) is 36.4 Å². The Bertz CT molecular complexity index is 1380. The van der Waals surface area contributed by atoms with E-state index in [1.807, 2.05) is 0 Å². The van der Waals surface area contributed by atoms with Gasteiger partial charge in [0, 0.05) is 36.3 Å². The van der Waals surface area contributed by atoms with Crippen molar-refractivity contribution in [2.75, 3.05) is 6.54 Å². The van der Waals surface area contributed by atoms with Gasteiger partial charge in [0.15, 0.2) is 6.10 Å².